The van der Waals surface area contributed by atoms with Gasteiger partial charge in [0, 0.05) is 39.1 Å². The van der Waals surface area contributed by atoms with Crippen LogP contribution in [0.3, 0.4) is 0 Å². The first-order valence-electron chi connectivity index (χ1n) is 13.5. The molecule has 0 saturated carbocycles. The highest BCUT2D eigenvalue weighted by molar-refractivity contribution is 7.85. The lowest BCUT2D eigenvalue weighted by Gasteiger charge is -2.16. The zero-order valence-electron chi connectivity index (χ0n) is 23.9. The second-order valence-corrected chi connectivity index (χ2v) is 18.9. The Morgan fingerprint density at radius 3 is 2.62 bits per heavy atom. The third-order valence-electron chi connectivity index (χ3n) is 6.69. The minimum absolute atomic E-state index is 0.230. The molecule has 0 spiro atoms. The van der Waals surface area contributed by atoms with E-state index in [9.17, 15) is 8.42 Å². The van der Waals surface area contributed by atoms with Crippen molar-refractivity contribution in [2.75, 3.05) is 12.4 Å². The summed E-state index contributed by atoms with van der Waals surface area (Å²) in [7, 11) is -5.19. The molecule has 0 radical (unpaired) electrons. The smallest absolute Gasteiger partial charge is 0.264 e. The first-order chi connectivity index (χ1) is 19.9. The lowest BCUT2D eigenvalue weighted by molar-refractivity contribution is 0.0885. The molecule has 0 aliphatic heterocycles. The van der Waals surface area contributed by atoms with E-state index < -0.39 is 18.2 Å². The van der Waals surface area contributed by atoms with Crippen LogP contribution in [0.1, 0.15) is 12.2 Å². The summed E-state index contributed by atoms with van der Waals surface area (Å²) in [4.78, 5) is 13.9. The molecule has 42 heavy (non-hydrogen) atoms. The average Bonchev–Trinajstić information content (AvgIpc) is 3.50. The Hall–Kier alpha value is -3.36. The number of imidazole rings is 1. The van der Waals surface area contributed by atoms with Crippen LogP contribution in [0.25, 0.3) is 33.3 Å². The largest absolute Gasteiger partial charge is 0.456 e. The second-order valence-electron chi connectivity index (χ2n) is 11.3. The van der Waals surface area contributed by atoms with Crippen molar-refractivity contribution in [1.82, 2.24) is 29.3 Å². The number of hydrogen-bond donors (Lipinski definition) is 1. The predicted octanol–water partition coefficient (Wildman–Crippen LogP) is 6.19. The summed E-state index contributed by atoms with van der Waals surface area (Å²) in [5.41, 5.74) is 4.09. The lowest BCUT2D eigenvalue weighted by Crippen LogP contribution is -2.22. The maximum Gasteiger partial charge on any atom is 0.264 e. The highest BCUT2D eigenvalue weighted by atomic mass is 35.5. The van der Waals surface area contributed by atoms with Crippen molar-refractivity contribution in [3.63, 3.8) is 0 Å². The van der Waals surface area contributed by atoms with Crippen molar-refractivity contribution in [2.45, 2.75) is 52.3 Å². The normalized spacial score (nSPS) is 12.4. The van der Waals surface area contributed by atoms with Crippen molar-refractivity contribution in [1.29, 1.82) is 0 Å². The number of fused-ring (bicyclic) bond motifs is 2. The van der Waals surface area contributed by atoms with E-state index in [4.69, 9.17) is 30.6 Å². The van der Waals surface area contributed by atoms with E-state index in [-0.39, 0.29) is 12.2 Å². The maximum absolute atomic E-state index is 11.0. The van der Waals surface area contributed by atoms with Gasteiger partial charge in [0.25, 0.3) is 10.1 Å². The summed E-state index contributed by atoms with van der Waals surface area (Å²) >= 11 is 6.78. The van der Waals surface area contributed by atoms with E-state index in [0.29, 0.717) is 52.1 Å². The highest BCUT2D eigenvalue weighted by Crippen LogP contribution is 2.36. The number of nitrogens with zero attached hydrogens (tertiary/aromatic N) is 6. The quantitative estimate of drug-likeness (QED) is 0.0975. The third kappa shape index (κ3) is 7.34. The number of aryl methyl sites for hydroxylation is 2. The fourth-order valence-corrected chi connectivity index (χ4v) is 5.87. The van der Waals surface area contributed by atoms with Gasteiger partial charge < -0.3 is 14.0 Å². The molecule has 2 aromatic carbocycles. The molecule has 0 unspecified atom stereocenters. The molecule has 0 aliphatic carbocycles. The molecule has 0 atom stereocenters. The minimum Gasteiger partial charge on any atom is -0.456 e. The highest BCUT2D eigenvalue weighted by Gasteiger charge is 2.16. The van der Waals surface area contributed by atoms with E-state index in [1.54, 1.807) is 35.4 Å². The van der Waals surface area contributed by atoms with Crippen LogP contribution in [0.5, 0.6) is 11.5 Å². The number of benzene rings is 2. The molecule has 0 saturated heterocycles. The predicted molar refractivity (Wildman–Crippen MR) is 165 cm³/mol. The molecule has 5 rings (SSSR count). The molecule has 5 aromatic rings. The van der Waals surface area contributed by atoms with Crippen LogP contribution >= 0.6 is 11.6 Å². The maximum atomic E-state index is 11.0. The summed E-state index contributed by atoms with van der Waals surface area (Å²) < 4.78 is 46.7. The summed E-state index contributed by atoms with van der Waals surface area (Å²) in [6.07, 6.45) is 5.21. The zero-order chi connectivity index (χ0) is 30.1. The van der Waals surface area contributed by atoms with Crippen molar-refractivity contribution >= 4 is 51.9 Å². The number of aromatic nitrogens is 6. The fourth-order valence-electron chi connectivity index (χ4n) is 4.38. The molecule has 0 amide bonds. The van der Waals surface area contributed by atoms with Crippen LogP contribution in [0, 0.1) is 6.92 Å². The van der Waals surface area contributed by atoms with E-state index in [0.717, 1.165) is 29.5 Å². The van der Waals surface area contributed by atoms with Crippen molar-refractivity contribution < 1.29 is 22.4 Å². The van der Waals surface area contributed by atoms with Crippen LogP contribution in [0.2, 0.25) is 30.7 Å². The van der Waals surface area contributed by atoms with E-state index >= 15 is 0 Å². The Morgan fingerprint density at radius 2 is 1.86 bits per heavy atom. The van der Waals surface area contributed by atoms with Gasteiger partial charge in [-0.05, 0) is 43.7 Å². The van der Waals surface area contributed by atoms with E-state index in [1.807, 2.05) is 29.7 Å². The molecule has 3 aromatic heterocycles. The van der Waals surface area contributed by atoms with Crippen molar-refractivity contribution in [3.05, 3.63) is 59.8 Å². The number of rotatable bonds is 12. The number of halogens is 1. The molecule has 14 heteroatoms. The van der Waals surface area contributed by atoms with E-state index in [2.05, 4.69) is 34.7 Å². The topological polar surface area (TPSA) is 134 Å². The molecule has 222 valence electrons. The SMILES string of the molecule is Cc1nc2ccc(Oc3ccc4ncc(-c5cnn(CCCS(=O)(=O)O)c5)nc4c3Cl)cc2n1COCC[Si](C)(C)C. The van der Waals surface area contributed by atoms with Gasteiger partial charge in [0.2, 0.25) is 0 Å². The van der Waals surface area contributed by atoms with Crippen molar-refractivity contribution in [2.24, 2.45) is 0 Å². The first kappa shape index (κ1) is 30.1. The Balaban J connectivity index is 1.35. The number of hydrogen-bond acceptors (Lipinski definition) is 8. The summed E-state index contributed by atoms with van der Waals surface area (Å²) in [5.74, 6) is 1.56. The van der Waals surface area contributed by atoms with Crippen LogP contribution in [-0.2, 0) is 28.1 Å². The van der Waals surface area contributed by atoms with Gasteiger partial charge in [0.05, 0.1) is 40.4 Å². The summed E-state index contributed by atoms with van der Waals surface area (Å²) in [6, 6.07) is 10.3. The monoisotopic (exact) mass is 628 g/mol. The molecular formula is C28H33ClN6O5SSi. The molecule has 1 N–H and O–H groups in total. The first-order valence-corrected chi connectivity index (χ1v) is 19.2. The van der Waals surface area contributed by atoms with Gasteiger partial charge in [0.1, 0.15) is 34.6 Å². The molecule has 0 aliphatic rings. The third-order valence-corrected chi connectivity index (χ3v) is 9.57. The van der Waals surface area contributed by atoms with Gasteiger partial charge >= 0.3 is 0 Å². The molecule has 11 nitrogen and oxygen atoms in total. The van der Waals surface area contributed by atoms with Gasteiger partial charge in [-0.25, -0.2) is 9.97 Å². The molecule has 3 heterocycles. The second kappa shape index (κ2) is 12.1. The van der Waals surface area contributed by atoms with Crippen molar-refractivity contribution in [3.8, 4) is 22.8 Å². The number of ether oxygens (including phenoxy) is 2. The minimum atomic E-state index is -4.02. The lowest BCUT2D eigenvalue weighted by atomic mass is 10.2. The average molecular weight is 629 g/mol. The summed E-state index contributed by atoms with van der Waals surface area (Å²) in [6.45, 7) is 10.4. The van der Waals surface area contributed by atoms with Gasteiger partial charge in [0.15, 0.2) is 0 Å². The van der Waals surface area contributed by atoms with Crippen LogP contribution in [0.15, 0.2) is 48.9 Å². The Bertz CT molecular complexity index is 1850. The van der Waals surface area contributed by atoms with Crippen LogP contribution in [0.4, 0.5) is 0 Å². The summed E-state index contributed by atoms with van der Waals surface area (Å²) in [5, 5.41) is 4.58. The fraction of sp³-hybridized carbons (Fsp3) is 0.357. The van der Waals surface area contributed by atoms with E-state index in [1.165, 1.54) is 0 Å². The van der Waals surface area contributed by atoms with Gasteiger partial charge in [-0.2, -0.15) is 13.5 Å². The Labute approximate surface area is 250 Å². The van der Waals surface area contributed by atoms with Crippen LogP contribution in [-0.4, -0.2) is 62.7 Å². The standard InChI is InChI=1S/C28H33ClN6O5SSi/c1-19-32-22-7-6-21(14-25(22)35(19)18-39-11-13-42(2,3)4)40-26-9-8-23-28(27(26)29)33-24(16-30-23)20-15-31-34(17-20)10-5-12-41(36,37)38/h6-9,14-17H,5,10-13,18H2,1-4H3,(H,36,37,38). The Kier molecular flexibility index (Phi) is 8.67. The Morgan fingerprint density at radius 1 is 1.07 bits per heavy atom. The molecular weight excluding hydrogens is 596 g/mol. The molecule has 0 bridgehead atoms. The van der Waals surface area contributed by atoms with Crippen LogP contribution < -0.4 is 4.74 Å². The zero-order valence-corrected chi connectivity index (χ0v) is 26.5. The van der Waals surface area contributed by atoms with Gasteiger partial charge in [-0.1, -0.05) is 31.2 Å². The molecule has 0 fully saturated rings. The van der Waals surface area contributed by atoms with Gasteiger partial charge in [-0.3, -0.25) is 14.2 Å². The van der Waals surface area contributed by atoms with Gasteiger partial charge in [-0.15, -0.1) is 0 Å².